The SMILES string of the molecule is CCc1ccc2c(OCC(=O)OC(C)C)c3ccc(CC)cc3c(OCC(=O)OC(C)C)c2c1. The Balaban J connectivity index is 2.17. The van der Waals surface area contributed by atoms with E-state index in [1.54, 1.807) is 27.7 Å². The fraction of sp³-hybridized carbons (Fsp3) is 0.429. The number of hydrogen-bond acceptors (Lipinski definition) is 6. The molecule has 0 saturated heterocycles. The van der Waals surface area contributed by atoms with Gasteiger partial charge in [-0.3, -0.25) is 0 Å². The maximum atomic E-state index is 12.3. The van der Waals surface area contributed by atoms with Crippen LogP contribution in [0.15, 0.2) is 36.4 Å². The topological polar surface area (TPSA) is 71.1 Å². The fourth-order valence-electron chi connectivity index (χ4n) is 3.85. The summed E-state index contributed by atoms with van der Waals surface area (Å²) < 4.78 is 22.7. The van der Waals surface area contributed by atoms with Crippen LogP contribution in [0.1, 0.15) is 52.7 Å². The fourth-order valence-corrected chi connectivity index (χ4v) is 3.85. The second kappa shape index (κ2) is 11.2. The maximum absolute atomic E-state index is 12.3. The summed E-state index contributed by atoms with van der Waals surface area (Å²) in [5.74, 6) is 0.344. The summed E-state index contributed by atoms with van der Waals surface area (Å²) in [5, 5.41) is 3.26. The highest BCUT2D eigenvalue weighted by atomic mass is 16.6. The second-order valence-electron chi connectivity index (χ2n) is 8.78. The van der Waals surface area contributed by atoms with Gasteiger partial charge < -0.3 is 18.9 Å². The molecule has 34 heavy (non-hydrogen) atoms. The first-order valence-electron chi connectivity index (χ1n) is 11.9. The van der Waals surface area contributed by atoms with Gasteiger partial charge in [0.05, 0.1) is 12.2 Å². The highest BCUT2D eigenvalue weighted by Gasteiger charge is 2.20. The lowest BCUT2D eigenvalue weighted by Crippen LogP contribution is -2.19. The van der Waals surface area contributed by atoms with Gasteiger partial charge in [-0.15, -0.1) is 0 Å². The van der Waals surface area contributed by atoms with Crippen LogP contribution in [-0.2, 0) is 31.9 Å². The van der Waals surface area contributed by atoms with Crippen LogP contribution in [0, 0.1) is 0 Å². The lowest BCUT2D eigenvalue weighted by molar-refractivity contribution is -0.150. The lowest BCUT2D eigenvalue weighted by atomic mass is 9.96. The van der Waals surface area contributed by atoms with Crippen LogP contribution >= 0.6 is 0 Å². The quantitative estimate of drug-likeness (QED) is 0.279. The molecule has 3 aromatic rings. The molecule has 0 fully saturated rings. The zero-order valence-corrected chi connectivity index (χ0v) is 20.9. The van der Waals surface area contributed by atoms with Crippen molar-refractivity contribution in [2.24, 2.45) is 0 Å². The summed E-state index contributed by atoms with van der Waals surface area (Å²) in [5.41, 5.74) is 2.25. The van der Waals surface area contributed by atoms with E-state index in [9.17, 15) is 9.59 Å². The number of hydrogen-bond donors (Lipinski definition) is 0. The standard InChI is InChI=1S/C28H34O6/c1-7-19-9-11-21-23(13-19)28(32-16-26(30)34-18(5)6)24-14-20(8-2)10-12-22(24)27(21)31-15-25(29)33-17(3)4/h9-14,17-18H,7-8,15-16H2,1-6H3. The van der Waals surface area contributed by atoms with E-state index in [2.05, 4.69) is 26.0 Å². The van der Waals surface area contributed by atoms with E-state index in [0.29, 0.717) is 11.5 Å². The molecule has 6 heteroatoms. The van der Waals surface area contributed by atoms with Gasteiger partial charge in [-0.25, -0.2) is 9.59 Å². The molecule has 0 amide bonds. The van der Waals surface area contributed by atoms with Crippen molar-refractivity contribution in [2.45, 2.75) is 66.6 Å². The van der Waals surface area contributed by atoms with Gasteiger partial charge in [-0.05, 0) is 63.8 Å². The molecule has 0 aliphatic carbocycles. The molecule has 0 saturated carbocycles. The third kappa shape index (κ3) is 5.99. The van der Waals surface area contributed by atoms with Crippen LogP contribution in [-0.4, -0.2) is 37.4 Å². The molecule has 0 aliphatic heterocycles. The van der Waals surface area contributed by atoms with E-state index >= 15 is 0 Å². The third-order valence-corrected chi connectivity index (χ3v) is 5.37. The molecule has 0 N–H and O–H groups in total. The van der Waals surface area contributed by atoms with E-state index < -0.39 is 11.9 Å². The molecular formula is C28H34O6. The zero-order chi connectivity index (χ0) is 24.8. The zero-order valence-electron chi connectivity index (χ0n) is 20.9. The molecule has 0 unspecified atom stereocenters. The van der Waals surface area contributed by atoms with Crippen LogP contribution in [0.25, 0.3) is 21.5 Å². The Morgan fingerprint density at radius 1 is 0.647 bits per heavy atom. The number of aryl methyl sites for hydroxylation is 2. The molecule has 3 aromatic carbocycles. The number of benzene rings is 3. The minimum absolute atomic E-state index is 0.198. The van der Waals surface area contributed by atoms with Crippen molar-refractivity contribution in [3.8, 4) is 11.5 Å². The first-order chi connectivity index (χ1) is 16.2. The van der Waals surface area contributed by atoms with Crippen molar-refractivity contribution in [1.29, 1.82) is 0 Å². The van der Waals surface area contributed by atoms with Crippen molar-refractivity contribution in [2.75, 3.05) is 13.2 Å². The van der Waals surface area contributed by atoms with Crippen molar-refractivity contribution >= 4 is 33.5 Å². The second-order valence-corrected chi connectivity index (χ2v) is 8.78. The molecule has 0 aromatic heterocycles. The molecule has 0 aliphatic rings. The highest BCUT2D eigenvalue weighted by molar-refractivity contribution is 6.11. The molecule has 0 atom stereocenters. The van der Waals surface area contributed by atoms with Gasteiger partial charge in [-0.2, -0.15) is 0 Å². The average Bonchev–Trinajstić information content (AvgIpc) is 2.79. The highest BCUT2D eigenvalue weighted by Crippen LogP contribution is 2.43. The number of fused-ring (bicyclic) bond motifs is 2. The number of carbonyl (C=O) groups excluding carboxylic acids is 2. The predicted molar refractivity (Wildman–Crippen MR) is 134 cm³/mol. The van der Waals surface area contributed by atoms with E-state index in [1.165, 1.54) is 0 Å². The van der Waals surface area contributed by atoms with Gasteiger partial charge in [0.15, 0.2) is 13.2 Å². The van der Waals surface area contributed by atoms with E-state index in [-0.39, 0.29) is 25.4 Å². The van der Waals surface area contributed by atoms with Gasteiger partial charge in [0.25, 0.3) is 0 Å². The minimum Gasteiger partial charge on any atom is -0.481 e. The molecular weight excluding hydrogens is 432 g/mol. The Kier molecular flexibility index (Phi) is 8.37. The summed E-state index contributed by atoms with van der Waals surface area (Å²) in [4.78, 5) is 24.5. The van der Waals surface area contributed by atoms with Crippen molar-refractivity contribution < 1.29 is 28.5 Å². The van der Waals surface area contributed by atoms with Crippen LogP contribution in [0.2, 0.25) is 0 Å². The van der Waals surface area contributed by atoms with Crippen molar-refractivity contribution in [3.63, 3.8) is 0 Å². The van der Waals surface area contributed by atoms with Crippen LogP contribution < -0.4 is 9.47 Å². The largest absolute Gasteiger partial charge is 0.481 e. The van der Waals surface area contributed by atoms with Crippen LogP contribution in [0.3, 0.4) is 0 Å². The average molecular weight is 467 g/mol. The molecule has 3 rings (SSSR count). The van der Waals surface area contributed by atoms with Gasteiger partial charge >= 0.3 is 11.9 Å². The van der Waals surface area contributed by atoms with Gasteiger partial charge in [0, 0.05) is 21.5 Å². The smallest absolute Gasteiger partial charge is 0.344 e. The van der Waals surface area contributed by atoms with Crippen LogP contribution in [0.4, 0.5) is 0 Å². The summed E-state index contributed by atoms with van der Waals surface area (Å²) in [6.07, 6.45) is 1.25. The van der Waals surface area contributed by atoms with Gasteiger partial charge in [0.1, 0.15) is 11.5 Å². The van der Waals surface area contributed by atoms with Crippen LogP contribution in [0.5, 0.6) is 11.5 Å². The van der Waals surface area contributed by atoms with E-state index in [1.807, 2.05) is 24.3 Å². The first kappa shape index (κ1) is 25.3. The van der Waals surface area contributed by atoms with Gasteiger partial charge in [0.2, 0.25) is 0 Å². The van der Waals surface area contributed by atoms with Gasteiger partial charge in [-0.1, -0.05) is 38.1 Å². The summed E-state index contributed by atoms with van der Waals surface area (Å²) >= 11 is 0. The Hall–Kier alpha value is -3.28. The number of esters is 2. The Morgan fingerprint density at radius 2 is 1.03 bits per heavy atom. The molecule has 182 valence electrons. The minimum atomic E-state index is -0.427. The molecule has 6 nitrogen and oxygen atoms in total. The van der Waals surface area contributed by atoms with E-state index in [0.717, 1.165) is 45.5 Å². The molecule has 0 spiro atoms. The van der Waals surface area contributed by atoms with Crippen molar-refractivity contribution in [1.82, 2.24) is 0 Å². The predicted octanol–water partition coefficient (Wildman–Crippen LogP) is 5.78. The Morgan fingerprint density at radius 3 is 1.38 bits per heavy atom. The lowest BCUT2D eigenvalue weighted by Gasteiger charge is -2.19. The first-order valence-corrected chi connectivity index (χ1v) is 11.9. The number of ether oxygens (including phenoxy) is 4. The molecule has 0 bridgehead atoms. The normalized spacial score (nSPS) is 11.3. The Labute approximate surface area is 201 Å². The summed E-state index contributed by atoms with van der Waals surface area (Å²) in [6.45, 7) is 11.0. The van der Waals surface area contributed by atoms with Crippen molar-refractivity contribution in [3.05, 3.63) is 47.5 Å². The monoisotopic (exact) mass is 466 g/mol. The third-order valence-electron chi connectivity index (χ3n) is 5.37. The number of rotatable bonds is 10. The van der Waals surface area contributed by atoms with E-state index in [4.69, 9.17) is 18.9 Å². The molecule has 0 radical (unpaired) electrons. The summed E-state index contributed by atoms with van der Waals surface area (Å²) in [6, 6.07) is 12.1. The Bertz CT molecular complexity index is 1110. The molecule has 0 heterocycles. The maximum Gasteiger partial charge on any atom is 0.344 e. The number of carbonyl (C=O) groups is 2. The summed E-state index contributed by atoms with van der Waals surface area (Å²) in [7, 11) is 0.